The van der Waals surface area contributed by atoms with E-state index in [0.29, 0.717) is 18.8 Å². The molecule has 6 rings (SSSR count). The molecule has 0 saturated carbocycles. The summed E-state index contributed by atoms with van der Waals surface area (Å²) in [4.78, 5) is 64.7. The molecule has 0 spiro atoms. The van der Waals surface area contributed by atoms with Gasteiger partial charge in [-0.2, -0.15) is 0 Å². The monoisotopic (exact) mass is 1420 g/mol. The van der Waals surface area contributed by atoms with Gasteiger partial charge in [-0.1, -0.05) is 44.4 Å². The zero-order valence-electron chi connectivity index (χ0n) is 57.1. The molecular weight excluding hydrogens is 1320 g/mol. The zero-order valence-corrected chi connectivity index (χ0v) is 57.1. The van der Waals surface area contributed by atoms with Crippen LogP contribution in [0.3, 0.4) is 0 Å². The van der Waals surface area contributed by atoms with Crippen molar-refractivity contribution in [2.75, 3.05) is 46.8 Å². The number of aliphatic hydroxyl groups is 12. The number of carbonyl (C=O) groups is 5. The second-order valence-corrected chi connectivity index (χ2v) is 25.3. The lowest BCUT2D eigenvalue weighted by molar-refractivity contribution is -0.352. The Labute approximate surface area is 573 Å². The summed E-state index contributed by atoms with van der Waals surface area (Å²) < 4.78 is 78.4. The van der Waals surface area contributed by atoms with E-state index in [9.17, 15) is 85.3 Å². The van der Waals surface area contributed by atoms with Crippen LogP contribution in [0, 0.1) is 0 Å². The van der Waals surface area contributed by atoms with Gasteiger partial charge in [0.1, 0.15) is 122 Å². The van der Waals surface area contributed by atoms with Crippen LogP contribution in [-0.2, 0) is 76.0 Å². The molecule has 1 aromatic rings. The minimum Gasteiger partial charge on any atom is -0.494 e. The van der Waals surface area contributed by atoms with Gasteiger partial charge in [0.25, 0.3) is 5.91 Å². The predicted molar refractivity (Wildman–Crippen MR) is 339 cm³/mol. The molecule has 17 N–H and O–H groups in total. The Morgan fingerprint density at radius 2 is 1.12 bits per heavy atom. The molecule has 99 heavy (non-hydrogen) atoms. The summed E-state index contributed by atoms with van der Waals surface area (Å²) in [7, 11) is 1.25. The molecule has 29 atom stereocenters. The van der Waals surface area contributed by atoms with Gasteiger partial charge in [0.05, 0.1) is 64.0 Å². The largest absolute Gasteiger partial charge is 0.494 e. The fourth-order valence-electron chi connectivity index (χ4n) is 12.3. The maximum absolute atomic E-state index is 13.9. The van der Waals surface area contributed by atoms with E-state index in [2.05, 4.69) is 45.7 Å². The highest BCUT2D eigenvalue weighted by Crippen LogP contribution is 2.35. The number of aliphatic hydroxyl groups excluding tert-OH is 12. The van der Waals surface area contributed by atoms with Crippen molar-refractivity contribution in [3.05, 3.63) is 42.0 Å². The summed E-state index contributed by atoms with van der Waals surface area (Å²) in [6, 6.07) is -0.0421. The first-order valence-electron chi connectivity index (χ1n) is 33.5. The number of unbranched alkanes of at least 4 members (excludes halogenated alkanes) is 5. The van der Waals surface area contributed by atoms with Crippen LogP contribution in [0.25, 0.3) is 0 Å². The second kappa shape index (κ2) is 40.3. The van der Waals surface area contributed by atoms with Crippen molar-refractivity contribution in [1.82, 2.24) is 26.6 Å². The highest BCUT2D eigenvalue weighted by molar-refractivity contribution is 5.94. The first kappa shape index (κ1) is 83.1. The summed E-state index contributed by atoms with van der Waals surface area (Å²) in [6.07, 6.45) is -29.6. The van der Waals surface area contributed by atoms with E-state index in [-0.39, 0.29) is 5.56 Å². The van der Waals surface area contributed by atoms with E-state index in [1.54, 1.807) is 12.1 Å². The molecule has 0 radical (unpaired) electrons. The third-order valence-electron chi connectivity index (χ3n) is 17.6. The Hall–Kier alpha value is -4.85. The second-order valence-electron chi connectivity index (χ2n) is 25.3. The van der Waals surface area contributed by atoms with Crippen LogP contribution in [0.2, 0.25) is 0 Å². The van der Waals surface area contributed by atoms with Crippen molar-refractivity contribution in [1.29, 1.82) is 0 Å². The molecule has 0 aliphatic carbocycles. The van der Waals surface area contributed by atoms with Gasteiger partial charge in [-0.25, -0.2) is 0 Å². The summed E-state index contributed by atoms with van der Waals surface area (Å²) in [5.41, 5.74) is 0.0616. The molecule has 0 aromatic heterocycles. The van der Waals surface area contributed by atoms with Gasteiger partial charge in [0.15, 0.2) is 31.4 Å². The number of methoxy groups -OCH3 is 1. The van der Waals surface area contributed by atoms with Crippen molar-refractivity contribution in [3.63, 3.8) is 0 Å². The van der Waals surface area contributed by atoms with Crippen molar-refractivity contribution < 1.29 is 147 Å². The van der Waals surface area contributed by atoms with Crippen LogP contribution >= 0.6 is 0 Å². The molecule has 566 valence electrons. The van der Waals surface area contributed by atoms with Gasteiger partial charge in [-0.3, -0.25) is 24.0 Å². The van der Waals surface area contributed by atoms with E-state index in [0.717, 1.165) is 46.5 Å². The van der Waals surface area contributed by atoms with E-state index in [1.165, 1.54) is 59.8 Å². The van der Waals surface area contributed by atoms with Crippen molar-refractivity contribution in [2.24, 2.45) is 0 Å². The SMILES string of the molecule is CCCCCC/C=C\CCCOc1cccc(C(=O)NC2C(OC3C(O)C(NC(C)=O)[C@H](O[C@@H](C)C(CO)OC(OC4C(O)C(NC(C)=O)[C@H](OC5C(COC6OC(C)C(O)C(O)C6OC)OC(C)C(NC(C)=O)C5O)O[C@H]4CO)[C@H](O)NC(C)=O)O[C@H]3CO)OC(CO)C(O)C2O)c1. The number of amides is 5. The number of nitrogens with one attached hydrogen (secondary N) is 5. The highest BCUT2D eigenvalue weighted by Gasteiger charge is 2.56. The number of rotatable bonds is 36. The van der Waals surface area contributed by atoms with E-state index < -0.39 is 240 Å². The van der Waals surface area contributed by atoms with Gasteiger partial charge in [0, 0.05) is 40.4 Å². The standard InChI is InChI=1S/C64H105N5O30/c1-10-11-12-13-14-15-16-17-18-22-88-37-21-19-20-36(23-37)58(85)69-44-49(80)48(79)39(25-71)94-61(44)97-54-40(26-72)95-60(45(51(54)82)66-33(6)75)91-29(2)38(24-70)93-64(59(86)68-35(8)77)99-55-41(27-73)96-62(46(52(55)83)67-34(7)76)98-56-42(90-30(3)43(50(56)81)65-32(5)74)28-89-63-57(87-9)53(84)47(78)31(4)92-63/h15-16,19-21,23,29-31,38-57,59-64,70-73,78-84,86H,10-14,17-18,22,24-28H2,1-9H3,(H,65,74)(H,66,75)(H,67,76)(H,68,77)(H,69,85)/b16-15-/t29-,30?,31?,38?,39?,40-,41-,42?,43?,44?,45?,46?,47?,48?,49?,50?,51?,52?,53?,54?,55?,56?,57?,59-,60+,61?,62-,63?,64?/m0/s1. The molecule has 35 nitrogen and oxygen atoms in total. The van der Waals surface area contributed by atoms with Gasteiger partial charge in [-0.05, 0) is 64.7 Å². The molecule has 5 saturated heterocycles. The fraction of sp³-hybridized carbons (Fsp3) is 0.797. The van der Waals surface area contributed by atoms with Crippen LogP contribution in [0.4, 0.5) is 0 Å². The number of benzene rings is 1. The molecule has 5 amide bonds. The highest BCUT2D eigenvalue weighted by atomic mass is 16.8. The molecule has 5 fully saturated rings. The van der Waals surface area contributed by atoms with Gasteiger partial charge < -0.3 is 149 Å². The molecule has 35 heteroatoms. The maximum atomic E-state index is 13.9. The quantitative estimate of drug-likeness (QED) is 0.0170. The van der Waals surface area contributed by atoms with Crippen molar-refractivity contribution in [3.8, 4) is 5.75 Å². The number of hydrogen-bond donors (Lipinski definition) is 17. The van der Waals surface area contributed by atoms with Gasteiger partial charge >= 0.3 is 0 Å². The number of hydrogen-bond acceptors (Lipinski definition) is 30. The smallest absolute Gasteiger partial charge is 0.251 e. The third kappa shape index (κ3) is 22.8. The Bertz CT molecular complexity index is 2680. The van der Waals surface area contributed by atoms with Crippen LogP contribution in [-0.4, -0.2) is 315 Å². The Morgan fingerprint density at radius 1 is 0.566 bits per heavy atom. The lowest BCUT2D eigenvalue weighted by Crippen LogP contribution is -2.70. The molecule has 5 heterocycles. The van der Waals surface area contributed by atoms with Gasteiger partial charge in [-0.15, -0.1) is 0 Å². The number of allylic oxidation sites excluding steroid dienone is 2. The fourth-order valence-corrected chi connectivity index (χ4v) is 12.3. The topological polar surface area (TPSA) is 508 Å². The Kier molecular flexibility index (Phi) is 33.8. The van der Waals surface area contributed by atoms with Crippen molar-refractivity contribution >= 4 is 29.5 Å². The Morgan fingerprint density at radius 3 is 1.72 bits per heavy atom. The molecule has 23 unspecified atom stereocenters. The van der Waals surface area contributed by atoms with E-state index >= 15 is 0 Å². The van der Waals surface area contributed by atoms with Crippen LogP contribution in [0.5, 0.6) is 5.75 Å². The predicted octanol–water partition coefficient (Wildman–Crippen LogP) is -5.05. The van der Waals surface area contributed by atoms with E-state index in [1.807, 2.05) is 0 Å². The maximum Gasteiger partial charge on any atom is 0.251 e. The molecule has 5 aliphatic heterocycles. The third-order valence-corrected chi connectivity index (χ3v) is 17.6. The lowest BCUT2D eigenvalue weighted by atomic mass is 9.92. The van der Waals surface area contributed by atoms with Crippen LogP contribution in [0.15, 0.2) is 36.4 Å². The lowest BCUT2D eigenvalue weighted by Gasteiger charge is -2.49. The summed E-state index contributed by atoms with van der Waals surface area (Å²) in [5, 5.41) is 147. The van der Waals surface area contributed by atoms with Crippen LogP contribution < -0.4 is 31.3 Å². The minimum absolute atomic E-state index is 0.0616. The average molecular weight is 1420 g/mol. The van der Waals surface area contributed by atoms with Gasteiger partial charge in [0.2, 0.25) is 29.9 Å². The number of ether oxygens (including phenoxy) is 13. The molecular formula is C64H105N5O30. The van der Waals surface area contributed by atoms with Crippen LogP contribution in [0.1, 0.15) is 111 Å². The number of carbonyl (C=O) groups excluding carboxylic acids is 5. The summed E-state index contributed by atoms with van der Waals surface area (Å²) in [5.74, 6) is -3.45. The van der Waals surface area contributed by atoms with Crippen molar-refractivity contribution in [2.45, 2.75) is 278 Å². The normalized spacial score (nSPS) is 36.2. The molecule has 0 bridgehead atoms. The average Bonchev–Trinajstić information content (AvgIpc) is 0.782. The first-order chi connectivity index (χ1) is 47.1. The first-order valence-corrected chi connectivity index (χ1v) is 33.5. The minimum atomic E-state index is -2.20. The summed E-state index contributed by atoms with van der Waals surface area (Å²) >= 11 is 0. The molecule has 5 aliphatic rings. The summed E-state index contributed by atoms with van der Waals surface area (Å²) in [6.45, 7) is 6.78. The zero-order chi connectivity index (χ0) is 72.9. The molecule has 1 aromatic carbocycles. The van der Waals surface area contributed by atoms with E-state index in [4.69, 9.17) is 61.6 Å². The Balaban J connectivity index is 1.19.